The molecular formula is C16H22N4O. The standard InChI is InChI=1S/C16H22N4O/c1-12-10-13(2)20(19-12)14(3)11-18-16(21)5-4-15-6-8-17-9-7-15/h6-10,14H,4-5,11H2,1-3H3,(H,18,21). The van der Waals surface area contributed by atoms with Gasteiger partial charge in [0.15, 0.2) is 0 Å². The molecule has 0 aromatic carbocycles. The average Bonchev–Trinajstić information content (AvgIpc) is 2.82. The summed E-state index contributed by atoms with van der Waals surface area (Å²) >= 11 is 0. The molecule has 2 aromatic rings. The Balaban J connectivity index is 1.77. The summed E-state index contributed by atoms with van der Waals surface area (Å²) < 4.78 is 1.96. The molecule has 21 heavy (non-hydrogen) atoms. The van der Waals surface area contributed by atoms with Gasteiger partial charge in [-0.15, -0.1) is 0 Å². The lowest BCUT2D eigenvalue weighted by atomic mass is 10.1. The fraction of sp³-hybridized carbons (Fsp3) is 0.438. The maximum atomic E-state index is 11.9. The minimum atomic E-state index is 0.0696. The number of amides is 1. The molecule has 2 rings (SSSR count). The molecule has 0 aliphatic heterocycles. The average molecular weight is 286 g/mol. The number of aromatic nitrogens is 3. The Morgan fingerprint density at radius 3 is 2.67 bits per heavy atom. The highest BCUT2D eigenvalue weighted by Gasteiger charge is 2.10. The van der Waals surface area contributed by atoms with Crippen LogP contribution in [0.25, 0.3) is 0 Å². The van der Waals surface area contributed by atoms with Crippen molar-refractivity contribution in [3.63, 3.8) is 0 Å². The van der Waals surface area contributed by atoms with Gasteiger partial charge in [-0.3, -0.25) is 14.5 Å². The second-order valence-electron chi connectivity index (χ2n) is 5.38. The Bertz CT molecular complexity index is 592. The van der Waals surface area contributed by atoms with E-state index >= 15 is 0 Å². The Hall–Kier alpha value is -2.17. The van der Waals surface area contributed by atoms with Gasteiger partial charge in [0.2, 0.25) is 5.91 Å². The summed E-state index contributed by atoms with van der Waals surface area (Å²) in [6.45, 7) is 6.66. The van der Waals surface area contributed by atoms with E-state index in [4.69, 9.17) is 0 Å². The molecular weight excluding hydrogens is 264 g/mol. The molecule has 112 valence electrons. The lowest BCUT2D eigenvalue weighted by Gasteiger charge is -2.15. The van der Waals surface area contributed by atoms with Gasteiger partial charge in [0.05, 0.1) is 11.7 Å². The zero-order chi connectivity index (χ0) is 15.2. The number of carbonyl (C=O) groups is 1. The van der Waals surface area contributed by atoms with Crippen LogP contribution in [0.3, 0.4) is 0 Å². The van der Waals surface area contributed by atoms with Gasteiger partial charge < -0.3 is 5.32 Å². The Morgan fingerprint density at radius 2 is 2.05 bits per heavy atom. The van der Waals surface area contributed by atoms with Crippen molar-refractivity contribution < 1.29 is 4.79 Å². The van der Waals surface area contributed by atoms with Crippen molar-refractivity contribution in [3.05, 3.63) is 47.5 Å². The van der Waals surface area contributed by atoms with Crippen molar-refractivity contribution in [1.29, 1.82) is 0 Å². The molecule has 0 saturated heterocycles. The smallest absolute Gasteiger partial charge is 0.220 e. The van der Waals surface area contributed by atoms with Crippen molar-refractivity contribution in [3.8, 4) is 0 Å². The molecule has 5 nitrogen and oxygen atoms in total. The molecule has 2 heterocycles. The summed E-state index contributed by atoms with van der Waals surface area (Å²) in [4.78, 5) is 15.9. The molecule has 2 aromatic heterocycles. The van der Waals surface area contributed by atoms with Crippen molar-refractivity contribution in [2.24, 2.45) is 0 Å². The number of hydrogen-bond acceptors (Lipinski definition) is 3. The Kier molecular flexibility index (Phi) is 5.09. The van der Waals surface area contributed by atoms with E-state index in [9.17, 15) is 4.79 Å². The summed E-state index contributed by atoms with van der Waals surface area (Å²) in [5.74, 6) is 0.0696. The van der Waals surface area contributed by atoms with Crippen molar-refractivity contribution >= 4 is 5.91 Å². The van der Waals surface area contributed by atoms with Gasteiger partial charge in [0, 0.05) is 31.1 Å². The topological polar surface area (TPSA) is 59.8 Å². The first kappa shape index (κ1) is 15.2. The Morgan fingerprint density at radius 1 is 1.33 bits per heavy atom. The van der Waals surface area contributed by atoms with Crippen LogP contribution in [-0.4, -0.2) is 27.2 Å². The second-order valence-corrected chi connectivity index (χ2v) is 5.38. The van der Waals surface area contributed by atoms with E-state index in [2.05, 4.69) is 22.3 Å². The summed E-state index contributed by atoms with van der Waals surface area (Å²) in [5, 5.41) is 7.41. The first-order valence-corrected chi connectivity index (χ1v) is 7.24. The van der Waals surface area contributed by atoms with Gasteiger partial charge in [-0.2, -0.15) is 5.10 Å². The molecule has 0 aliphatic carbocycles. The predicted molar refractivity (Wildman–Crippen MR) is 82.0 cm³/mol. The van der Waals surface area contributed by atoms with Crippen LogP contribution in [0.15, 0.2) is 30.6 Å². The van der Waals surface area contributed by atoms with Crippen LogP contribution in [0.2, 0.25) is 0 Å². The van der Waals surface area contributed by atoms with Crippen molar-refractivity contribution in [2.75, 3.05) is 6.54 Å². The summed E-state index contributed by atoms with van der Waals surface area (Å²) in [7, 11) is 0. The minimum absolute atomic E-state index is 0.0696. The number of aryl methyl sites for hydroxylation is 3. The van der Waals surface area contributed by atoms with E-state index in [1.165, 1.54) is 0 Å². The zero-order valence-electron chi connectivity index (χ0n) is 12.8. The molecule has 0 fully saturated rings. The van der Waals surface area contributed by atoms with Crippen LogP contribution in [-0.2, 0) is 11.2 Å². The molecule has 1 atom stereocenters. The number of nitrogens with one attached hydrogen (secondary N) is 1. The monoisotopic (exact) mass is 286 g/mol. The van der Waals surface area contributed by atoms with Crippen molar-refractivity contribution in [2.45, 2.75) is 39.7 Å². The predicted octanol–water partition coefficient (Wildman–Crippen LogP) is 2.20. The third-order valence-electron chi connectivity index (χ3n) is 3.45. The third kappa shape index (κ3) is 4.41. The van der Waals surface area contributed by atoms with Gasteiger partial charge in [0.1, 0.15) is 0 Å². The van der Waals surface area contributed by atoms with Crippen molar-refractivity contribution in [1.82, 2.24) is 20.1 Å². The number of carbonyl (C=O) groups excluding carboxylic acids is 1. The van der Waals surface area contributed by atoms with E-state index in [-0.39, 0.29) is 11.9 Å². The van der Waals surface area contributed by atoms with Crippen LogP contribution in [0.5, 0.6) is 0 Å². The Labute approximate surface area is 125 Å². The van der Waals surface area contributed by atoms with Crippen LogP contribution in [0, 0.1) is 13.8 Å². The van der Waals surface area contributed by atoms with E-state index < -0.39 is 0 Å². The third-order valence-corrected chi connectivity index (χ3v) is 3.45. The van der Waals surface area contributed by atoms with E-state index in [1.807, 2.05) is 36.7 Å². The van der Waals surface area contributed by atoms with Crippen LogP contribution in [0.4, 0.5) is 0 Å². The largest absolute Gasteiger partial charge is 0.354 e. The van der Waals surface area contributed by atoms with Gasteiger partial charge in [-0.25, -0.2) is 0 Å². The lowest BCUT2D eigenvalue weighted by Crippen LogP contribution is -2.30. The van der Waals surface area contributed by atoms with E-state index in [0.717, 1.165) is 23.4 Å². The molecule has 1 amide bonds. The first-order valence-electron chi connectivity index (χ1n) is 7.24. The molecule has 1 N–H and O–H groups in total. The van der Waals surface area contributed by atoms with E-state index in [0.29, 0.717) is 13.0 Å². The normalized spacial score (nSPS) is 12.1. The fourth-order valence-corrected chi connectivity index (χ4v) is 2.34. The summed E-state index contributed by atoms with van der Waals surface area (Å²) in [5.41, 5.74) is 3.25. The van der Waals surface area contributed by atoms with Gasteiger partial charge in [-0.05, 0) is 51.0 Å². The molecule has 0 radical (unpaired) electrons. The number of pyridine rings is 1. The van der Waals surface area contributed by atoms with Crippen LogP contribution < -0.4 is 5.32 Å². The zero-order valence-corrected chi connectivity index (χ0v) is 12.8. The summed E-state index contributed by atoms with van der Waals surface area (Å²) in [6.07, 6.45) is 4.73. The van der Waals surface area contributed by atoms with E-state index in [1.54, 1.807) is 12.4 Å². The first-order chi connectivity index (χ1) is 10.1. The van der Waals surface area contributed by atoms with Gasteiger partial charge >= 0.3 is 0 Å². The highest BCUT2D eigenvalue weighted by molar-refractivity contribution is 5.76. The minimum Gasteiger partial charge on any atom is -0.354 e. The highest BCUT2D eigenvalue weighted by atomic mass is 16.1. The molecule has 5 heteroatoms. The molecule has 0 bridgehead atoms. The second kappa shape index (κ2) is 7.02. The summed E-state index contributed by atoms with van der Waals surface area (Å²) in [6, 6.07) is 6.07. The maximum Gasteiger partial charge on any atom is 0.220 e. The lowest BCUT2D eigenvalue weighted by molar-refractivity contribution is -0.121. The number of hydrogen-bond donors (Lipinski definition) is 1. The number of rotatable bonds is 6. The molecule has 0 aliphatic rings. The van der Waals surface area contributed by atoms with Gasteiger partial charge in [-0.1, -0.05) is 0 Å². The molecule has 0 saturated carbocycles. The van der Waals surface area contributed by atoms with Gasteiger partial charge in [0.25, 0.3) is 0 Å². The SMILES string of the molecule is Cc1cc(C)n(C(C)CNC(=O)CCc2ccncc2)n1. The quantitative estimate of drug-likeness (QED) is 0.885. The maximum absolute atomic E-state index is 11.9. The van der Waals surface area contributed by atoms with Crippen LogP contribution >= 0.6 is 0 Å². The molecule has 1 unspecified atom stereocenters. The van der Waals surface area contributed by atoms with Crippen LogP contribution in [0.1, 0.15) is 36.3 Å². The highest BCUT2D eigenvalue weighted by Crippen LogP contribution is 2.09. The fourth-order valence-electron chi connectivity index (χ4n) is 2.34. The molecule has 0 spiro atoms. The number of nitrogens with zero attached hydrogens (tertiary/aromatic N) is 3.